The van der Waals surface area contributed by atoms with Crippen molar-refractivity contribution in [1.29, 1.82) is 0 Å². The van der Waals surface area contributed by atoms with Crippen LogP contribution >= 0.6 is 0 Å². The molecule has 0 N–H and O–H groups in total. The monoisotopic (exact) mass is 260 g/mol. The standard InChI is InChI=1S/C18H16N2/c1-19-12-15(14-8-4-6-10-17(14)19)18-11-13-7-3-5-9-16(13)20(18)2/h3-12H,1-2H3. The number of para-hydroxylation sites is 2. The quantitative estimate of drug-likeness (QED) is 0.482. The number of benzene rings is 2. The first kappa shape index (κ1) is 11.4. The minimum absolute atomic E-state index is 1.27. The molecule has 2 aromatic carbocycles. The molecule has 0 fully saturated rings. The molecule has 98 valence electrons. The van der Waals surface area contributed by atoms with Crippen LogP contribution in [-0.2, 0) is 14.1 Å². The topological polar surface area (TPSA) is 9.86 Å². The Kier molecular flexibility index (Phi) is 2.27. The van der Waals surface area contributed by atoms with E-state index in [2.05, 4.69) is 84.0 Å². The molecule has 0 aliphatic heterocycles. The molecule has 4 aromatic rings. The van der Waals surface area contributed by atoms with Crippen LogP contribution < -0.4 is 0 Å². The highest BCUT2D eigenvalue weighted by Gasteiger charge is 2.12. The fraction of sp³-hybridized carbons (Fsp3) is 0.111. The van der Waals surface area contributed by atoms with Gasteiger partial charge in [0, 0.05) is 47.7 Å². The van der Waals surface area contributed by atoms with E-state index in [1.807, 2.05) is 0 Å². The molecule has 20 heavy (non-hydrogen) atoms. The summed E-state index contributed by atoms with van der Waals surface area (Å²) in [5, 5.41) is 2.60. The predicted molar refractivity (Wildman–Crippen MR) is 84.8 cm³/mol. The summed E-state index contributed by atoms with van der Waals surface area (Å²) in [7, 11) is 4.24. The predicted octanol–water partition coefficient (Wildman–Crippen LogP) is 4.34. The molecule has 4 rings (SSSR count). The van der Waals surface area contributed by atoms with Crippen molar-refractivity contribution in [1.82, 2.24) is 9.13 Å². The Morgan fingerprint density at radius 1 is 0.800 bits per heavy atom. The molecular weight excluding hydrogens is 244 g/mol. The Morgan fingerprint density at radius 2 is 1.50 bits per heavy atom. The Morgan fingerprint density at radius 3 is 2.30 bits per heavy atom. The van der Waals surface area contributed by atoms with Crippen molar-refractivity contribution >= 4 is 21.8 Å². The van der Waals surface area contributed by atoms with Crippen molar-refractivity contribution in [2.45, 2.75) is 0 Å². The Labute approximate surface area is 117 Å². The van der Waals surface area contributed by atoms with Gasteiger partial charge in [0.25, 0.3) is 0 Å². The van der Waals surface area contributed by atoms with Crippen molar-refractivity contribution < 1.29 is 0 Å². The normalized spacial score (nSPS) is 11.5. The molecule has 0 aliphatic carbocycles. The zero-order chi connectivity index (χ0) is 13.7. The molecule has 2 heterocycles. The third-order valence-electron chi connectivity index (χ3n) is 4.12. The number of hydrogen-bond donors (Lipinski definition) is 0. The molecule has 0 spiro atoms. The van der Waals surface area contributed by atoms with Gasteiger partial charge in [0.2, 0.25) is 0 Å². The van der Waals surface area contributed by atoms with Gasteiger partial charge in [0.15, 0.2) is 0 Å². The number of hydrogen-bond acceptors (Lipinski definition) is 0. The van der Waals surface area contributed by atoms with E-state index in [1.165, 1.54) is 33.1 Å². The smallest absolute Gasteiger partial charge is 0.0510 e. The maximum Gasteiger partial charge on any atom is 0.0510 e. The maximum atomic E-state index is 2.27. The number of rotatable bonds is 1. The molecule has 2 aromatic heterocycles. The number of fused-ring (bicyclic) bond motifs is 2. The van der Waals surface area contributed by atoms with Crippen molar-refractivity contribution in [2.75, 3.05) is 0 Å². The highest BCUT2D eigenvalue weighted by Crippen LogP contribution is 2.33. The fourth-order valence-electron chi connectivity index (χ4n) is 3.09. The maximum absolute atomic E-state index is 2.27. The lowest BCUT2D eigenvalue weighted by Crippen LogP contribution is -1.90. The van der Waals surface area contributed by atoms with E-state index in [0.717, 1.165) is 0 Å². The number of aryl methyl sites for hydroxylation is 2. The summed E-state index contributed by atoms with van der Waals surface area (Å²) in [6.45, 7) is 0. The van der Waals surface area contributed by atoms with Gasteiger partial charge in [-0.25, -0.2) is 0 Å². The summed E-state index contributed by atoms with van der Waals surface area (Å²) >= 11 is 0. The van der Waals surface area contributed by atoms with E-state index < -0.39 is 0 Å². The lowest BCUT2D eigenvalue weighted by molar-refractivity contribution is 0.957. The summed E-state index contributed by atoms with van der Waals surface area (Å²) in [4.78, 5) is 0. The summed E-state index contributed by atoms with van der Waals surface area (Å²) in [5.74, 6) is 0. The summed E-state index contributed by atoms with van der Waals surface area (Å²) < 4.78 is 4.47. The first-order chi connectivity index (χ1) is 9.75. The van der Waals surface area contributed by atoms with Gasteiger partial charge in [0.05, 0.1) is 5.69 Å². The summed E-state index contributed by atoms with van der Waals surface area (Å²) in [6.07, 6.45) is 2.22. The molecule has 0 aliphatic rings. The first-order valence-corrected chi connectivity index (χ1v) is 6.84. The third-order valence-corrected chi connectivity index (χ3v) is 4.12. The van der Waals surface area contributed by atoms with Gasteiger partial charge in [-0.2, -0.15) is 0 Å². The van der Waals surface area contributed by atoms with Gasteiger partial charge in [-0.3, -0.25) is 0 Å². The van der Waals surface area contributed by atoms with Crippen molar-refractivity contribution in [3.63, 3.8) is 0 Å². The molecule has 2 nitrogen and oxygen atoms in total. The molecule has 0 atom stereocenters. The van der Waals surface area contributed by atoms with Crippen LogP contribution in [0.4, 0.5) is 0 Å². The average molecular weight is 260 g/mol. The molecule has 0 saturated heterocycles. The van der Waals surface area contributed by atoms with Crippen LogP contribution in [-0.4, -0.2) is 9.13 Å². The van der Waals surface area contributed by atoms with Gasteiger partial charge in [-0.1, -0.05) is 36.4 Å². The van der Waals surface area contributed by atoms with Gasteiger partial charge >= 0.3 is 0 Å². The Hall–Kier alpha value is -2.48. The van der Waals surface area contributed by atoms with Crippen molar-refractivity contribution in [2.24, 2.45) is 14.1 Å². The van der Waals surface area contributed by atoms with E-state index in [4.69, 9.17) is 0 Å². The minimum atomic E-state index is 1.27. The molecule has 2 heteroatoms. The second-order valence-corrected chi connectivity index (χ2v) is 5.32. The van der Waals surface area contributed by atoms with Crippen LogP contribution in [0.5, 0.6) is 0 Å². The van der Waals surface area contributed by atoms with E-state index in [-0.39, 0.29) is 0 Å². The molecule has 0 amide bonds. The summed E-state index contributed by atoms with van der Waals surface area (Å²) in [5.41, 5.74) is 5.10. The number of aromatic nitrogens is 2. The van der Waals surface area contributed by atoms with E-state index in [1.54, 1.807) is 0 Å². The van der Waals surface area contributed by atoms with Crippen molar-refractivity contribution in [3.05, 3.63) is 60.8 Å². The van der Waals surface area contributed by atoms with Crippen LogP contribution in [0.25, 0.3) is 33.1 Å². The van der Waals surface area contributed by atoms with Crippen LogP contribution in [0.1, 0.15) is 0 Å². The lowest BCUT2D eigenvalue weighted by Gasteiger charge is -2.02. The van der Waals surface area contributed by atoms with Gasteiger partial charge < -0.3 is 9.13 Å². The Bertz CT molecular complexity index is 925. The zero-order valence-electron chi connectivity index (χ0n) is 11.7. The zero-order valence-corrected chi connectivity index (χ0v) is 11.7. The lowest BCUT2D eigenvalue weighted by atomic mass is 10.1. The third kappa shape index (κ3) is 1.45. The minimum Gasteiger partial charge on any atom is -0.350 e. The summed E-state index contributed by atoms with van der Waals surface area (Å²) in [6, 6.07) is 19.4. The second kappa shape index (κ2) is 4.01. The van der Waals surface area contributed by atoms with E-state index in [0.29, 0.717) is 0 Å². The van der Waals surface area contributed by atoms with E-state index >= 15 is 0 Å². The number of nitrogens with zero attached hydrogens (tertiary/aromatic N) is 2. The van der Waals surface area contributed by atoms with Crippen LogP contribution in [0, 0.1) is 0 Å². The molecule has 0 saturated carbocycles. The van der Waals surface area contributed by atoms with Crippen LogP contribution in [0.2, 0.25) is 0 Å². The second-order valence-electron chi connectivity index (χ2n) is 5.32. The molecule has 0 radical (unpaired) electrons. The fourth-order valence-corrected chi connectivity index (χ4v) is 3.09. The van der Waals surface area contributed by atoms with Gasteiger partial charge in [-0.15, -0.1) is 0 Å². The molecule has 0 unspecified atom stereocenters. The van der Waals surface area contributed by atoms with Gasteiger partial charge in [-0.05, 0) is 18.2 Å². The van der Waals surface area contributed by atoms with Gasteiger partial charge in [0.1, 0.15) is 0 Å². The molecule has 0 bridgehead atoms. The van der Waals surface area contributed by atoms with Crippen LogP contribution in [0.3, 0.4) is 0 Å². The van der Waals surface area contributed by atoms with E-state index in [9.17, 15) is 0 Å². The average Bonchev–Trinajstić information content (AvgIpc) is 2.99. The van der Waals surface area contributed by atoms with Crippen molar-refractivity contribution in [3.8, 4) is 11.3 Å². The SMILES string of the molecule is Cn1cc(-c2cc3ccccc3n2C)c2ccccc21. The largest absolute Gasteiger partial charge is 0.350 e. The highest BCUT2D eigenvalue weighted by molar-refractivity contribution is 5.98. The highest BCUT2D eigenvalue weighted by atomic mass is 15.0. The first-order valence-electron chi connectivity index (χ1n) is 6.84. The molecular formula is C18H16N2. The van der Waals surface area contributed by atoms with Crippen LogP contribution in [0.15, 0.2) is 60.8 Å². The Balaban J connectivity index is 2.09.